The number of rotatable bonds is 6. The zero-order chi connectivity index (χ0) is 14.7. The van der Waals surface area contributed by atoms with Crippen LogP contribution in [0.25, 0.3) is 0 Å². The zero-order valence-electron chi connectivity index (χ0n) is 13.3. The van der Waals surface area contributed by atoms with Crippen LogP contribution in [0.3, 0.4) is 0 Å². The van der Waals surface area contributed by atoms with Gasteiger partial charge in [-0.25, -0.2) is 0 Å². The molecule has 1 rings (SSSR count). The average Bonchev–Trinajstić information content (AvgIpc) is 2.42. The highest BCUT2D eigenvalue weighted by molar-refractivity contribution is 5.19. The lowest BCUT2D eigenvalue weighted by atomic mass is 9.97. The van der Waals surface area contributed by atoms with Crippen molar-refractivity contribution in [2.75, 3.05) is 7.11 Å². The quantitative estimate of drug-likeness (QED) is 0.600. The Morgan fingerprint density at radius 1 is 1.00 bits per heavy atom. The SMILES string of the molecule is C=C(OC)C(CCC)CCC.Cc1ccc(C)cc1. The molecule has 1 aromatic rings. The molecule has 0 amide bonds. The molecule has 0 heterocycles. The van der Waals surface area contributed by atoms with Crippen LogP contribution >= 0.6 is 0 Å². The molecule has 108 valence electrons. The van der Waals surface area contributed by atoms with E-state index in [9.17, 15) is 0 Å². The van der Waals surface area contributed by atoms with Gasteiger partial charge in [0.15, 0.2) is 0 Å². The summed E-state index contributed by atoms with van der Waals surface area (Å²) in [7, 11) is 1.71. The Hall–Kier alpha value is -1.24. The number of methoxy groups -OCH3 is 1. The van der Waals surface area contributed by atoms with Crippen molar-refractivity contribution in [2.24, 2.45) is 5.92 Å². The molecule has 0 aromatic heterocycles. The molecular weight excluding hydrogens is 232 g/mol. The first-order chi connectivity index (χ1) is 9.04. The minimum atomic E-state index is 0.579. The first-order valence-corrected chi connectivity index (χ1v) is 7.31. The number of ether oxygens (including phenoxy) is 1. The summed E-state index contributed by atoms with van der Waals surface area (Å²) in [4.78, 5) is 0. The van der Waals surface area contributed by atoms with E-state index in [1.165, 1.54) is 36.8 Å². The monoisotopic (exact) mass is 262 g/mol. The van der Waals surface area contributed by atoms with Gasteiger partial charge in [-0.15, -0.1) is 0 Å². The largest absolute Gasteiger partial charge is 0.501 e. The molecule has 0 aliphatic rings. The van der Waals surface area contributed by atoms with Crippen LogP contribution in [-0.4, -0.2) is 7.11 Å². The van der Waals surface area contributed by atoms with Crippen LogP contribution in [0.2, 0.25) is 0 Å². The Kier molecular flexibility index (Phi) is 9.97. The van der Waals surface area contributed by atoms with E-state index in [-0.39, 0.29) is 0 Å². The van der Waals surface area contributed by atoms with Crippen LogP contribution in [-0.2, 0) is 4.74 Å². The van der Waals surface area contributed by atoms with Gasteiger partial charge in [0.1, 0.15) is 0 Å². The van der Waals surface area contributed by atoms with Gasteiger partial charge in [-0.05, 0) is 26.7 Å². The van der Waals surface area contributed by atoms with Crippen molar-refractivity contribution in [1.29, 1.82) is 0 Å². The molecular formula is C18H30O. The molecule has 19 heavy (non-hydrogen) atoms. The molecule has 1 aromatic carbocycles. The molecule has 1 nitrogen and oxygen atoms in total. The van der Waals surface area contributed by atoms with E-state index in [1.54, 1.807) is 7.11 Å². The van der Waals surface area contributed by atoms with Gasteiger partial charge in [-0.1, -0.05) is 68.7 Å². The van der Waals surface area contributed by atoms with Crippen LogP contribution in [0.5, 0.6) is 0 Å². The van der Waals surface area contributed by atoms with Crippen LogP contribution in [0.4, 0.5) is 0 Å². The summed E-state index contributed by atoms with van der Waals surface area (Å²) in [5.74, 6) is 1.53. The minimum absolute atomic E-state index is 0.579. The fourth-order valence-electron chi connectivity index (χ4n) is 1.97. The van der Waals surface area contributed by atoms with E-state index in [0.717, 1.165) is 5.76 Å². The zero-order valence-corrected chi connectivity index (χ0v) is 13.3. The smallest absolute Gasteiger partial charge is 0.0914 e. The highest BCUT2D eigenvalue weighted by atomic mass is 16.5. The van der Waals surface area contributed by atoms with Crippen LogP contribution in [0.15, 0.2) is 36.6 Å². The van der Waals surface area contributed by atoms with Gasteiger partial charge < -0.3 is 4.74 Å². The van der Waals surface area contributed by atoms with Gasteiger partial charge in [0.25, 0.3) is 0 Å². The van der Waals surface area contributed by atoms with Crippen LogP contribution < -0.4 is 0 Å². The van der Waals surface area contributed by atoms with E-state index >= 15 is 0 Å². The second-order valence-electron chi connectivity index (χ2n) is 5.10. The third-order valence-electron chi connectivity index (χ3n) is 3.21. The van der Waals surface area contributed by atoms with E-state index in [0.29, 0.717) is 5.92 Å². The van der Waals surface area contributed by atoms with E-state index in [1.807, 2.05) is 0 Å². The summed E-state index contributed by atoms with van der Waals surface area (Å²) >= 11 is 0. The lowest BCUT2D eigenvalue weighted by molar-refractivity contribution is 0.230. The molecule has 0 aliphatic carbocycles. The third-order valence-corrected chi connectivity index (χ3v) is 3.21. The summed E-state index contributed by atoms with van der Waals surface area (Å²) in [5, 5.41) is 0. The van der Waals surface area contributed by atoms with Crippen molar-refractivity contribution in [3.05, 3.63) is 47.7 Å². The standard InChI is InChI=1S/C10H20O.C8H10/c1-5-7-10(8-6-2)9(3)11-4;1-7-3-5-8(2)6-4-7/h10H,3,5-8H2,1-2,4H3;3-6H,1-2H3. The number of hydrogen-bond donors (Lipinski definition) is 0. The van der Waals surface area contributed by atoms with Gasteiger partial charge in [-0.2, -0.15) is 0 Å². The molecule has 0 fully saturated rings. The van der Waals surface area contributed by atoms with Crippen molar-refractivity contribution in [3.63, 3.8) is 0 Å². The number of hydrogen-bond acceptors (Lipinski definition) is 1. The molecule has 1 heteroatoms. The maximum Gasteiger partial charge on any atom is 0.0914 e. The molecule has 0 spiro atoms. The number of benzene rings is 1. The lowest BCUT2D eigenvalue weighted by Crippen LogP contribution is -2.04. The molecule has 0 radical (unpaired) electrons. The fourth-order valence-corrected chi connectivity index (χ4v) is 1.97. The fraction of sp³-hybridized carbons (Fsp3) is 0.556. The maximum absolute atomic E-state index is 5.12. The van der Waals surface area contributed by atoms with Crippen LogP contribution in [0, 0.1) is 19.8 Å². The molecule has 0 bridgehead atoms. The Morgan fingerprint density at radius 3 is 1.63 bits per heavy atom. The molecule has 0 atom stereocenters. The third kappa shape index (κ3) is 8.47. The molecule has 0 unspecified atom stereocenters. The Labute approximate surface area is 119 Å². The normalized spacial score (nSPS) is 9.79. The lowest BCUT2D eigenvalue weighted by Gasteiger charge is -2.16. The van der Waals surface area contributed by atoms with Crippen molar-refractivity contribution >= 4 is 0 Å². The predicted octanol–water partition coefficient (Wildman–Crippen LogP) is 5.67. The summed E-state index contributed by atoms with van der Waals surface area (Å²) in [5.41, 5.74) is 2.66. The molecule has 0 saturated carbocycles. The highest BCUT2D eigenvalue weighted by Gasteiger charge is 2.10. The van der Waals surface area contributed by atoms with Crippen molar-refractivity contribution in [3.8, 4) is 0 Å². The molecule has 0 aliphatic heterocycles. The maximum atomic E-state index is 5.12. The van der Waals surface area contributed by atoms with Crippen LogP contribution in [0.1, 0.15) is 50.7 Å². The summed E-state index contributed by atoms with van der Waals surface area (Å²) < 4.78 is 5.12. The number of aryl methyl sites for hydroxylation is 2. The Bertz CT molecular complexity index is 310. The highest BCUT2D eigenvalue weighted by Crippen LogP contribution is 2.21. The predicted molar refractivity (Wildman–Crippen MR) is 85.4 cm³/mol. The van der Waals surface area contributed by atoms with Crippen molar-refractivity contribution in [1.82, 2.24) is 0 Å². The summed E-state index contributed by atoms with van der Waals surface area (Å²) in [6.45, 7) is 12.5. The minimum Gasteiger partial charge on any atom is -0.501 e. The van der Waals surface area contributed by atoms with Crippen molar-refractivity contribution in [2.45, 2.75) is 53.4 Å². The first kappa shape index (κ1) is 17.8. The number of allylic oxidation sites excluding steroid dienone is 1. The Balaban J connectivity index is 0.000000356. The van der Waals surface area contributed by atoms with Gasteiger partial charge in [0, 0.05) is 5.92 Å². The summed E-state index contributed by atoms with van der Waals surface area (Å²) in [6, 6.07) is 8.48. The average molecular weight is 262 g/mol. The first-order valence-electron chi connectivity index (χ1n) is 7.31. The van der Waals surface area contributed by atoms with E-state index in [2.05, 4.69) is 58.5 Å². The molecule has 0 saturated heterocycles. The second kappa shape index (κ2) is 10.7. The van der Waals surface area contributed by atoms with Crippen molar-refractivity contribution < 1.29 is 4.74 Å². The van der Waals surface area contributed by atoms with E-state index in [4.69, 9.17) is 4.74 Å². The van der Waals surface area contributed by atoms with Gasteiger partial charge in [0.05, 0.1) is 12.9 Å². The van der Waals surface area contributed by atoms with E-state index < -0.39 is 0 Å². The van der Waals surface area contributed by atoms with Gasteiger partial charge in [0.2, 0.25) is 0 Å². The summed E-state index contributed by atoms with van der Waals surface area (Å²) in [6.07, 6.45) is 4.85. The van der Waals surface area contributed by atoms with Gasteiger partial charge >= 0.3 is 0 Å². The van der Waals surface area contributed by atoms with Gasteiger partial charge in [-0.3, -0.25) is 0 Å². The Morgan fingerprint density at radius 2 is 1.37 bits per heavy atom. The second-order valence-corrected chi connectivity index (χ2v) is 5.10. The topological polar surface area (TPSA) is 9.23 Å². The molecule has 0 N–H and O–H groups in total.